The van der Waals surface area contributed by atoms with E-state index in [4.69, 9.17) is 9.88 Å². The predicted octanol–water partition coefficient (Wildman–Crippen LogP) is 3.95. The molecule has 0 saturated carbocycles. The van der Waals surface area contributed by atoms with Crippen molar-refractivity contribution in [2.24, 2.45) is 5.14 Å². The maximum atomic E-state index is 13.8. The van der Waals surface area contributed by atoms with Gasteiger partial charge in [0.1, 0.15) is 5.75 Å². The molecule has 7 heteroatoms. The summed E-state index contributed by atoms with van der Waals surface area (Å²) in [5, 5.41) is 5.09. The molecule has 4 nitrogen and oxygen atoms in total. The van der Waals surface area contributed by atoms with E-state index in [0.717, 1.165) is 12.1 Å². The fraction of sp³-hybridized carbons (Fsp3) is 0.0526. The second-order valence-corrected chi connectivity index (χ2v) is 7.17. The van der Waals surface area contributed by atoms with Crippen LogP contribution in [-0.2, 0) is 10.0 Å². The van der Waals surface area contributed by atoms with Crippen molar-refractivity contribution in [2.45, 2.75) is 4.90 Å². The Balaban J connectivity index is 2.15. The van der Waals surface area contributed by atoms with Gasteiger partial charge in [-0.2, -0.15) is 0 Å². The number of ether oxygens (including phenoxy) is 1. The topological polar surface area (TPSA) is 69.4 Å². The molecule has 3 rings (SSSR count). The van der Waals surface area contributed by atoms with Crippen LogP contribution < -0.4 is 9.88 Å². The minimum absolute atomic E-state index is 0.0603. The Morgan fingerprint density at radius 2 is 1.23 bits per heavy atom. The predicted molar refractivity (Wildman–Crippen MR) is 95.2 cm³/mol. The highest BCUT2D eigenvalue weighted by atomic mass is 32.2. The summed E-state index contributed by atoms with van der Waals surface area (Å²) in [5.41, 5.74) is 2.09. The van der Waals surface area contributed by atoms with Gasteiger partial charge in [-0.05, 0) is 58.7 Å². The van der Waals surface area contributed by atoms with E-state index in [1.807, 2.05) is 0 Å². The maximum absolute atomic E-state index is 13.8. The van der Waals surface area contributed by atoms with Gasteiger partial charge < -0.3 is 4.74 Å². The van der Waals surface area contributed by atoms with Crippen molar-refractivity contribution >= 4 is 10.0 Å². The van der Waals surface area contributed by atoms with Crippen LogP contribution in [-0.4, -0.2) is 15.5 Å². The quantitative estimate of drug-likeness (QED) is 0.751. The summed E-state index contributed by atoms with van der Waals surface area (Å²) in [4.78, 5) is -0.0603. The van der Waals surface area contributed by atoms with E-state index in [0.29, 0.717) is 28.0 Å². The molecule has 0 spiro atoms. The lowest BCUT2D eigenvalue weighted by Gasteiger charge is -2.12. The Kier molecular flexibility index (Phi) is 4.76. The van der Waals surface area contributed by atoms with E-state index in [-0.39, 0.29) is 4.90 Å². The third-order valence-corrected chi connectivity index (χ3v) is 4.88. The monoisotopic (exact) mass is 375 g/mol. The van der Waals surface area contributed by atoms with Gasteiger partial charge in [0.2, 0.25) is 10.0 Å². The molecule has 0 amide bonds. The minimum atomic E-state index is -3.83. The summed E-state index contributed by atoms with van der Waals surface area (Å²) in [6.45, 7) is 0. The van der Waals surface area contributed by atoms with Gasteiger partial charge >= 0.3 is 0 Å². The molecule has 0 atom stereocenters. The van der Waals surface area contributed by atoms with Gasteiger partial charge in [-0.3, -0.25) is 0 Å². The average molecular weight is 375 g/mol. The van der Waals surface area contributed by atoms with E-state index in [2.05, 4.69) is 0 Å². The highest BCUT2D eigenvalue weighted by Crippen LogP contribution is 2.35. The molecular weight excluding hydrogens is 360 g/mol. The zero-order valence-electron chi connectivity index (χ0n) is 13.7. The number of hydrogen-bond donors (Lipinski definition) is 1. The molecule has 0 radical (unpaired) electrons. The van der Waals surface area contributed by atoms with Crippen LogP contribution in [0.4, 0.5) is 8.78 Å². The van der Waals surface area contributed by atoms with Crippen LogP contribution in [0.2, 0.25) is 0 Å². The maximum Gasteiger partial charge on any atom is 0.238 e. The molecule has 3 aromatic rings. The van der Waals surface area contributed by atoms with Crippen molar-refractivity contribution < 1.29 is 21.9 Å². The first-order valence-corrected chi connectivity index (χ1v) is 9.11. The Morgan fingerprint density at radius 1 is 0.808 bits per heavy atom. The third-order valence-electron chi connectivity index (χ3n) is 3.96. The van der Waals surface area contributed by atoms with Crippen molar-refractivity contribution in [3.63, 3.8) is 0 Å². The van der Waals surface area contributed by atoms with Crippen LogP contribution in [0, 0.1) is 11.6 Å². The van der Waals surface area contributed by atoms with Gasteiger partial charge in [0.15, 0.2) is 11.6 Å². The highest BCUT2D eigenvalue weighted by molar-refractivity contribution is 7.89. The number of hydrogen-bond acceptors (Lipinski definition) is 3. The number of benzene rings is 3. The van der Waals surface area contributed by atoms with Crippen LogP contribution in [0.1, 0.15) is 0 Å². The Bertz CT molecular complexity index is 1050. The lowest BCUT2D eigenvalue weighted by atomic mass is 9.94. The molecule has 0 aromatic heterocycles. The van der Waals surface area contributed by atoms with Crippen LogP contribution in [0.3, 0.4) is 0 Å². The Morgan fingerprint density at radius 3 is 1.62 bits per heavy atom. The van der Waals surface area contributed by atoms with E-state index < -0.39 is 21.7 Å². The first-order chi connectivity index (χ1) is 12.3. The summed E-state index contributed by atoms with van der Waals surface area (Å²) in [6, 6.07) is 14.7. The number of nitrogens with two attached hydrogens (primary N) is 1. The van der Waals surface area contributed by atoms with Crippen molar-refractivity contribution in [2.75, 3.05) is 7.11 Å². The van der Waals surface area contributed by atoms with Gasteiger partial charge in [0.05, 0.1) is 12.0 Å². The van der Waals surface area contributed by atoms with E-state index in [9.17, 15) is 17.2 Å². The molecule has 0 aliphatic carbocycles. The van der Waals surface area contributed by atoms with Crippen LogP contribution >= 0.6 is 0 Å². The van der Waals surface area contributed by atoms with E-state index >= 15 is 0 Å². The Labute approximate surface area is 149 Å². The average Bonchev–Trinajstić information content (AvgIpc) is 2.63. The molecule has 0 aliphatic rings. The standard InChI is InChI=1S/C19H15F2NO3S/c1-25-14-6-2-12(3-7-14)16-10-18(20)19(21)11-17(16)13-4-8-15(9-5-13)26(22,23)24/h2-11H,1H3,(H2,22,23,24). The van der Waals surface area contributed by atoms with Gasteiger partial charge in [-0.25, -0.2) is 22.3 Å². The number of primary sulfonamides is 1. The van der Waals surface area contributed by atoms with Crippen LogP contribution in [0.15, 0.2) is 65.6 Å². The second-order valence-electron chi connectivity index (χ2n) is 5.61. The van der Waals surface area contributed by atoms with Crippen LogP contribution in [0.25, 0.3) is 22.3 Å². The first kappa shape index (κ1) is 18.0. The van der Waals surface area contributed by atoms with Gasteiger partial charge in [0.25, 0.3) is 0 Å². The number of halogens is 2. The first-order valence-electron chi connectivity index (χ1n) is 7.56. The fourth-order valence-corrected chi connectivity index (χ4v) is 3.13. The zero-order chi connectivity index (χ0) is 18.9. The summed E-state index contributed by atoms with van der Waals surface area (Å²) in [7, 11) is -2.30. The molecule has 0 fully saturated rings. The molecule has 2 N–H and O–H groups in total. The summed E-state index contributed by atoms with van der Waals surface area (Å²) in [6.07, 6.45) is 0. The lowest BCUT2D eigenvalue weighted by Crippen LogP contribution is -2.11. The molecule has 0 aliphatic heterocycles. The summed E-state index contributed by atoms with van der Waals surface area (Å²) >= 11 is 0. The summed E-state index contributed by atoms with van der Waals surface area (Å²) in [5.74, 6) is -1.33. The molecule has 0 unspecified atom stereocenters. The van der Waals surface area contributed by atoms with Gasteiger partial charge in [-0.15, -0.1) is 0 Å². The highest BCUT2D eigenvalue weighted by Gasteiger charge is 2.15. The summed E-state index contributed by atoms with van der Waals surface area (Å²) < 4.78 is 55.5. The van der Waals surface area contributed by atoms with Crippen molar-refractivity contribution in [1.29, 1.82) is 0 Å². The van der Waals surface area contributed by atoms with Crippen molar-refractivity contribution in [3.05, 3.63) is 72.3 Å². The molecule has 3 aromatic carbocycles. The van der Waals surface area contributed by atoms with Gasteiger partial charge in [0, 0.05) is 0 Å². The molecular formula is C19H15F2NO3S. The number of methoxy groups -OCH3 is 1. The van der Waals surface area contributed by atoms with E-state index in [1.165, 1.54) is 31.4 Å². The normalized spacial score (nSPS) is 11.4. The third kappa shape index (κ3) is 3.58. The van der Waals surface area contributed by atoms with Gasteiger partial charge in [-0.1, -0.05) is 24.3 Å². The molecule has 0 bridgehead atoms. The molecule has 26 heavy (non-hydrogen) atoms. The molecule has 0 saturated heterocycles. The fourth-order valence-electron chi connectivity index (χ4n) is 2.62. The van der Waals surface area contributed by atoms with Crippen molar-refractivity contribution in [1.82, 2.24) is 0 Å². The largest absolute Gasteiger partial charge is 0.497 e. The number of rotatable bonds is 4. The smallest absolute Gasteiger partial charge is 0.238 e. The Hall–Kier alpha value is -2.77. The minimum Gasteiger partial charge on any atom is -0.497 e. The lowest BCUT2D eigenvalue weighted by molar-refractivity contribution is 0.415. The van der Waals surface area contributed by atoms with E-state index in [1.54, 1.807) is 24.3 Å². The molecule has 0 heterocycles. The number of sulfonamides is 1. The van der Waals surface area contributed by atoms with Crippen molar-refractivity contribution in [3.8, 4) is 28.0 Å². The molecule has 134 valence electrons. The zero-order valence-corrected chi connectivity index (χ0v) is 14.6. The second kappa shape index (κ2) is 6.86. The SMILES string of the molecule is COc1ccc(-c2cc(F)c(F)cc2-c2ccc(S(N)(=O)=O)cc2)cc1. The van der Waals surface area contributed by atoms with Crippen LogP contribution in [0.5, 0.6) is 5.75 Å².